The second-order valence-electron chi connectivity index (χ2n) is 4.99. The van der Waals surface area contributed by atoms with Gasteiger partial charge in [-0.15, -0.1) is 0 Å². The van der Waals surface area contributed by atoms with E-state index < -0.39 is 4.92 Å². The minimum Gasteiger partial charge on any atom is -0.481 e. The molecule has 0 saturated heterocycles. The molecule has 7 heteroatoms. The van der Waals surface area contributed by atoms with Crippen LogP contribution >= 0.6 is 15.9 Å². The van der Waals surface area contributed by atoms with Gasteiger partial charge >= 0.3 is 5.69 Å². The zero-order valence-corrected chi connectivity index (χ0v) is 13.6. The van der Waals surface area contributed by atoms with Crippen molar-refractivity contribution in [2.45, 2.75) is 38.0 Å². The molecule has 1 aromatic carbocycles. The van der Waals surface area contributed by atoms with Crippen LogP contribution in [0.25, 0.3) is 0 Å². The third-order valence-electron chi connectivity index (χ3n) is 3.53. The number of rotatable bonds is 7. The van der Waals surface area contributed by atoms with Crippen LogP contribution in [0.3, 0.4) is 0 Å². The van der Waals surface area contributed by atoms with Crippen molar-refractivity contribution in [1.29, 1.82) is 0 Å². The maximum absolute atomic E-state index is 11.1. The van der Waals surface area contributed by atoms with Gasteiger partial charge in [-0.2, -0.15) is 0 Å². The molecule has 0 aromatic heterocycles. The van der Waals surface area contributed by atoms with Gasteiger partial charge in [-0.1, -0.05) is 22.9 Å². The molecule has 1 fully saturated rings. The molecule has 1 saturated carbocycles. The molecule has 0 aliphatic heterocycles. The Hall–Kier alpha value is -1.18. The first kappa shape index (κ1) is 16.2. The van der Waals surface area contributed by atoms with Crippen LogP contribution in [0.2, 0.25) is 0 Å². The fourth-order valence-corrected chi connectivity index (χ4v) is 2.70. The predicted molar refractivity (Wildman–Crippen MR) is 82.7 cm³/mol. The number of nitrogens with zero attached hydrogens (tertiary/aromatic N) is 1. The molecule has 1 aliphatic carbocycles. The van der Waals surface area contributed by atoms with Crippen molar-refractivity contribution >= 4 is 21.6 Å². The Balaban J connectivity index is 2.09. The molecule has 21 heavy (non-hydrogen) atoms. The van der Waals surface area contributed by atoms with Gasteiger partial charge in [0.15, 0.2) is 5.75 Å². The average Bonchev–Trinajstić information content (AvgIpc) is 2.44. The summed E-state index contributed by atoms with van der Waals surface area (Å²) < 4.78 is 12.2. The molecule has 116 valence electrons. The zero-order valence-electron chi connectivity index (χ0n) is 12.0. The lowest BCUT2D eigenvalue weighted by Gasteiger charge is -2.43. The predicted octanol–water partition coefficient (Wildman–Crippen LogP) is 2.89. The summed E-state index contributed by atoms with van der Waals surface area (Å²) in [5.74, 6) is 0.285. The van der Waals surface area contributed by atoms with Crippen LogP contribution < -0.4 is 10.1 Å². The normalized spacial score (nSPS) is 24.4. The number of likely N-dealkylation sites (N-methyl/N-ethyl adjacent to an activating group) is 1. The summed E-state index contributed by atoms with van der Waals surface area (Å²) >= 11 is 3.23. The maximum Gasteiger partial charge on any atom is 0.312 e. The van der Waals surface area contributed by atoms with Crippen LogP contribution in [0.15, 0.2) is 22.7 Å². The molecule has 0 heterocycles. The van der Waals surface area contributed by atoms with Gasteiger partial charge in [0, 0.05) is 29.6 Å². The highest BCUT2D eigenvalue weighted by molar-refractivity contribution is 9.10. The number of nitrogens with one attached hydrogen (secondary N) is 1. The number of nitro benzene ring substituents is 1. The van der Waals surface area contributed by atoms with Gasteiger partial charge in [-0.3, -0.25) is 10.1 Å². The van der Waals surface area contributed by atoms with Crippen molar-refractivity contribution in [2.75, 3.05) is 13.7 Å². The Kier molecular flexibility index (Phi) is 5.55. The molecular weight excluding hydrogens is 340 g/mol. The molecule has 2 rings (SSSR count). The van der Waals surface area contributed by atoms with Gasteiger partial charge in [-0.05, 0) is 25.6 Å². The Morgan fingerprint density at radius 2 is 2.29 bits per heavy atom. The lowest BCUT2D eigenvalue weighted by atomic mass is 9.85. The van der Waals surface area contributed by atoms with Crippen LogP contribution in [-0.2, 0) is 4.74 Å². The summed E-state index contributed by atoms with van der Waals surface area (Å²) in [6, 6.07) is 5.03. The van der Waals surface area contributed by atoms with Crippen molar-refractivity contribution in [3.05, 3.63) is 32.8 Å². The van der Waals surface area contributed by atoms with Crippen LogP contribution in [-0.4, -0.2) is 36.8 Å². The largest absolute Gasteiger partial charge is 0.481 e. The highest BCUT2D eigenvalue weighted by Crippen LogP contribution is 2.35. The number of benzene rings is 1. The SMILES string of the molecule is CCCOC1C(NC)CC1Oc1ccc(Br)cc1[N+](=O)[O-]. The number of hydrogen-bond acceptors (Lipinski definition) is 5. The molecule has 1 N–H and O–H groups in total. The quantitative estimate of drug-likeness (QED) is 0.599. The molecule has 6 nitrogen and oxygen atoms in total. The Bertz CT molecular complexity index is 512. The standard InChI is InChI=1S/C14H19BrN2O4/c1-3-6-20-14-10(16-2)8-13(14)21-12-5-4-9(15)7-11(12)17(18)19/h4-5,7,10,13-14,16H,3,6,8H2,1-2H3. The lowest BCUT2D eigenvalue weighted by molar-refractivity contribution is -0.386. The van der Waals surface area contributed by atoms with Crippen LogP contribution in [0.4, 0.5) is 5.69 Å². The lowest BCUT2D eigenvalue weighted by Crippen LogP contribution is -2.60. The molecule has 0 spiro atoms. The molecule has 1 aromatic rings. The Labute approximate surface area is 132 Å². The van der Waals surface area contributed by atoms with Gasteiger partial charge in [0.2, 0.25) is 0 Å². The molecule has 0 amide bonds. The second kappa shape index (κ2) is 7.20. The fraction of sp³-hybridized carbons (Fsp3) is 0.571. The van der Waals surface area contributed by atoms with E-state index in [1.165, 1.54) is 6.07 Å². The van der Waals surface area contributed by atoms with Crippen LogP contribution in [0.5, 0.6) is 5.75 Å². The maximum atomic E-state index is 11.1. The van der Waals surface area contributed by atoms with E-state index in [0.29, 0.717) is 11.1 Å². The molecule has 0 bridgehead atoms. The highest BCUT2D eigenvalue weighted by atomic mass is 79.9. The number of nitro groups is 1. The highest BCUT2D eigenvalue weighted by Gasteiger charge is 2.43. The van der Waals surface area contributed by atoms with E-state index in [2.05, 4.69) is 21.2 Å². The first-order valence-corrected chi connectivity index (χ1v) is 7.75. The summed E-state index contributed by atoms with van der Waals surface area (Å²) in [6.07, 6.45) is 1.47. The van der Waals surface area contributed by atoms with E-state index in [9.17, 15) is 10.1 Å². The Morgan fingerprint density at radius 3 is 2.90 bits per heavy atom. The minimum atomic E-state index is -0.434. The van der Waals surface area contributed by atoms with E-state index in [4.69, 9.17) is 9.47 Å². The monoisotopic (exact) mass is 358 g/mol. The summed E-state index contributed by atoms with van der Waals surface area (Å²) in [5, 5.41) is 14.3. The van der Waals surface area contributed by atoms with Crippen LogP contribution in [0.1, 0.15) is 19.8 Å². The van der Waals surface area contributed by atoms with E-state index in [1.54, 1.807) is 12.1 Å². The number of halogens is 1. The van der Waals surface area contributed by atoms with Gasteiger partial charge < -0.3 is 14.8 Å². The van der Waals surface area contributed by atoms with Crippen molar-refractivity contribution in [3.8, 4) is 5.75 Å². The van der Waals surface area contributed by atoms with Crippen molar-refractivity contribution in [1.82, 2.24) is 5.32 Å². The summed E-state index contributed by atoms with van der Waals surface area (Å²) in [7, 11) is 1.88. The summed E-state index contributed by atoms with van der Waals surface area (Å²) in [5.41, 5.74) is -0.0356. The number of hydrogen-bond donors (Lipinski definition) is 1. The Morgan fingerprint density at radius 1 is 1.52 bits per heavy atom. The summed E-state index contributed by atoms with van der Waals surface area (Å²) in [4.78, 5) is 10.7. The third kappa shape index (κ3) is 3.72. The van der Waals surface area contributed by atoms with Gasteiger partial charge in [-0.25, -0.2) is 0 Å². The van der Waals surface area contributed by atoms with Crippen molar-refractivity contribution < 1.29 is 14.4 Å². The number of ether oxygens (including phenoxy) is 2. The van der Waals surface area contributed by atoms with Crippen molar-refractivity contribution in [3.63, 3.8) is 0 Å². The van der Waals surface area contributed by atoms with E-state index in [-0.39, 0.29) is 29.7 Å². The van der Waals surface area contributed by atoms with E-state index >= 15 is 0 Å². The topological polar surface area (TPSA) is 73.6 Å². The third-order valence-corrected chi connectivity index (χ3v) is 4.02. The van der Waals surface area contributed by atoms with E-state index in [0.717, 1.165) is 12.8 Å². The second-order valence-corrected chi connectivity index (χ2v) is 5.91. The molecule has 3 atom stereocenters. The smallest absolute Gasteiger partial charge is 0.312 e. The molecule has 3 unspecified atom stereocenters. The van der Waals surface area contributed by atoms with Crippen molar-refractivity contribution in [2.24, 2.45) is 0 Å². The molecular formula is C14H19BrN2O4. The average molecular weight is 359 g/mol. The fourth-order valence-electron chi connectivity index (χ4n) is 2.35. The van der Waals surface area contributed by atoms with Gasteiger partial charge in [0.1, 0.15) is 12.2 Å². The molecule has 1 aliphatic rings. The molecule has 0 radical (unpaired) electrons. The summed E-state index contributed by atoms with van der Waals surface area (Å²) in [6.45, 7) is 2.70. The van der Waals surface area contributed by atoms with Gasteiger partial charge in [0.05, 0.1) is 4.92 Å². The van der Waals surface area contributed by atoms with Gasteiger partial charge in [0.25, 0.3) is 0 Å². The first-order chi connectivity index (χ1) is 10.1. The zero-order chi connectivity index (χ0) is 15.4. The van der Waals surface area contributed by atoms with E-state index in [1.807, 2.05) is 14.0 Å². The van der Waals surface area contributed by atoms with Crippen LogP contribution in [0, 0.1) is 10.1 Å². The minimum absolute atomic E-state index is 0.0356. The first-order valence-electron chi connectivity index (χ1n) is 6.96.